The number of rotatable bonds is 5. The fourth-order valence-electron chi connectivity index (χ4n) is 2.86. The molecule has 0 unspecified atom stereocenters. The first-order valence-corrected chi connectivity index (χ1v) is 9.56. The highest BCUT2D eigenvalue weighted by Gasteiger charge is 2.16. The monoisotopic (exact) mass is 404 g/mol. The van der Waals surface area contributed by atoms with Crippen molar-refractivity contribution in [3.05, 3.63) is 58.9 Å². The summed E-state index contributed by atoms with van der Waals surface area (Å²) in [5.74, 6) is 0.113. The maximum atomic E-state index is 12.6. The molecule has 2 aromatic heterocycles. The van der Waals surface area contributed by atoms with Crippen molar-refractivity contribution < 1.29 is 14.3 Å². The summed E-state index contributed by atoms with van der Waals surface area (Å²) in [5.41, 5.74) is 3.79. The Morgan fingerprint density at radius 3 is 2.39 bits per heavy atom. The zero-order valence-corrected chi connectivity index (χ0v) is 17.4. The van der Waals surface area contributed by atoms with Gasteiger partial charge in [0.2, 0.25) is 0 Å². The molecule has 0 aliphatic heterocycles. The molecule has 0 spiro atoms. The number of hydrogen-bond acceptors (Lipinski definition) is 3. The van der Waals surface area contributed by atoms with Crippen molar-refractivity contribution in [2.75, 3.05) is 0 Å². The van der Waals surface area contributed by atoms with E-state index in [0.29, 0.717) is 17.0 Å². The Labute approximate surface area is 170 Å². The Morgan fingerprint density at radius 2 is 1.89 bits per heavy atom. The maximum Gasteiger partial charge on any atom is 0.135 e. The van der Waals surface area contributed by atoms with Crippen LogP contribution in [0.15, 0.2) is 42.6 Å². The number of ketones is 1. The highest BCUT2D eigenvalue weighted by molar-refractivity contribution is 6.31. The second-order valence-electron chi connectivity index (χ2n) is 7.35. The molecule has 3 rings (SSSR count). The van der Waals surface area contributed by atoms with Gasteiger partial charge in [-0.3, -0.25) is 4.79 Å². The fraction of sp³-hybridized carbons (Fsp3) is 0.364. The number of aliphatic hydroxyl groups is 1. The second kappa shape index (κ2) is 9.30. The van der Waals surface area contributed by atoms with Crippen LogP contribution >= 0.6 is 11.6 Å². The molecule has 0 aliphatic carbocycles. The van der Waals surface area contributed by atoms with E-state index in [1.54, 1.807) is 43.5 Å². The summed E-state index contributed by atoms with van der Waals surface area (Å²) >= 11 is 6.04. The van der Waals surface area contributed by atoms with Crippen molar-refractivity contribution >= 4 is 22.9 Å². The third-order valence-electron chi connectivity index (χ3n) is 4.19. The van der Waals surface area contributed by atoms with Crippen LogP contribution in [0.2, 0.25) is 5.02 Å². The van der Waals surface area contributed by atoms with Gasteiger partial charge in [-0.15, -0.1) is 0 Å². The number of alkyl halides is 1. The molecule has 1 N–H and O–H groups in total. The SMILES string of the molecule is CCC(=O)CC(C)(C)O.Cc1nn2ccc(Cl)cc2c1-c1ccc(CF)cc1. The van der Waals surface area contributed by atoms with E-state index in [9.17, 15) is 9.18 Å². The van der Waals surface area contributed by atoms with Crippen LogP contribution in [0.5, 0.6) is 0 Å². The number of aryl methyl sites for hydroxylation is 1. The summed E-state index contributed by atoms with van der Waals surface area (Å²) in [4.78, 5) is 10.7. The van der Waals surface area contributed by atoms with Crippen molar-refractivity contribution in [2.45, 2.75) is 52.8 Å². The van der Waals surface area contributed by atoms with Gasteiger partial charge < -0.3 is 5.11 Å². The largest absolute Gasteiger partial charge is 0.390 e. The van der Waals surface area contributed by atoms with E-state index in [4.69, 9.17) is 16.7 Å². The highest BCUT2D eigenvalue weighted by Crippen LogP contribution is 2.29. The lowest BCUT2D eigenvalue weighted by Crippen LogP contribution is -2.22. The molecule has 0 saturated carbocycles. The topological polar surface area (TPSA) is 54.6 Å². The Hall–Kier alpha value is -2.24. The molecule has 4 nitrogen and oxygen atoms in total. The van der Waals surface area contributed by atoms with Gasteiger partial charge in [-0.1, -0.05) is 42.8 Å². The van der Waals surface area contributed by atoms with E-state index >= 15 is 0 Å². The number of benzene rings is 1. The molecule has 0 fully saturated rings. The number of pyridine rings is 1. The molecule has 0 aliphatic rings. The third-order valence-corrected chi connectivity index (χ3v) is 4.43. The lowest BCUT2D eigenvalue weighted by atomic mass is 10.0. The minimum Gasteiger partial charge on any atom is -0.390 e. The van der Waals surface area contributed by atoms with E-state index in [1.165, 1.54) is 0 Å². The van der Waals surface area contributed by atoms with Gasteiger partial charge in [-0.2, -0.15) is 5.10 Å². The Kier molecular flexibility index (Phi) is 7.33. The molecule has 2 heterocycles. The highest BCUT2D eigenvalue weighted by atomic mass is 35.5. The summed E-state index contributed by atoms with van der Waals surface area (Å²) in [6.07, 6.45) is 2.62. The Morgan fingerprint density at radius 1 is 1.25 bits per heavy atom. The summed E-state index contributed by atoms with van der Waals surface area (Å²) in [6.45, 7) is 6.59. The van der Waals surface area contributed by atoms with Crippen LogP contribution in [-0.2, 0) is 11.5 Å². The quantitative estimate of drug-likeness (QED) is 0.605. The van der Waals surface area contributed by atoms with Gasteiger partial charge in [0, 0.05) is 29.6 Å². The zero-order valence-electron chi connectivity index (χ0n) is 16.7. The van der Waals surface area contributed by atoms with E-state index < -0.39 is 12.3 Å². The number of aromatic nitrogens is 2. The number of fused-ring (bicyclic) bond motifs is 1. The van der Waals surface area contributed by atoms with Crippen molar-refractivity contribution in [3.8, 4) is 11.1 Å². The van der Waals surface area contributed by atoms with Crippen molar-refractivity contribution in [3.63, 3.8) is 0 Å². The molecule has 28 heavy (non-hydrogen) atoms. The van der Waals surface area contributed by atoms with Gasteiger partial charge in [0.05, 0.1) is 16.8 Å². The van der Waals surface area contributed by atoms with Crippen LogP contribution in [0.3, 0.4) is 0 Å². The molecule has 150 valence electrons. The van der Waals surface area contributed by atoms with Crippen molar-refractivity contribution in [1.29, 1.82) is 0 Å². The fourth-order valence-corrected chi connectivity index (χ4v) is 3.02. The predicted octanol–water partition coefficient (Wildman–Crippen LogP) is 5.56. The molecular formula is C22H26ClFN2O2. The first-order valence-electron chi connectivity index (χ1n) is 9.18. The Bertz CT molecular complexity index is 944. The number of halogens is 2. The molecule has 0 saturated heterocycles. The maximum absolute atomic E-state index is 12.6. The molecule has 0 radical (unpaired) electrons. The first kappa shape index (κ1) is 22.1. The van der Waals surface area contributed by atoms with Crippen LogP contribution in [0, 0.1) is 6.92 Å². The summed E-state index contributed by atoms with van der Waals surface area (Å²) in [6, 6.07) is 11.1. The van der Waals surface area contributed by atoms with Crippen molar-refractivity contribution in [2.24, 2.45) is 0 Å². The molecule has 0 atom stereocenters. The molecule has 0 amide bonds. The summed E-state index contributed by atoms with van der Waals surface area (Å²) in [5, 5.41) is 14.2. The van der Waals surface area contributed by atoms with Crippen molar-refractivity contribution in [1.82, 2.24) is 9.61 Å². The minimum atomic E-state index is -0.826. The summed E-state index contributed by atoms with van der Waals surface area (Å²) < 4.78 is 14.4. The number of Topliss-reactive ketones (excluding diaryl/α,β-unsaturated/α-hetero) is 1. The van der Waals surface area contributed by atoms with E-state index in [2.05, 4.69) is 5.10 Å². The minimum absolute atomic E-state index is 0.113. The van der Waals surface area contributed by atoms with E-state index in [1.807, 2.05) is 31.3 Å². The van der Waals surface area contributed by atoms with Crippen LogP contribution < -0.4 is 0 Å². The number of nitrogens with zero attached hydrogens (tertiary/aromatic N) is 2. The normalized spacial score (nSPS) is 11.2. The average molecular weight is 405 g/mol. The first-order chi connectivity index (χ1) is 13.1. The van der Waals surface area contributed by atoms with Gasteiger partial charge in [0.15, 0.2) is 0 Å². The van der Waals surface area contributed by atoms with Gasteiger partial charge in [-0.05, 0) is 44.0 Å². The van der Waals surface area contributed by atoms with Crippen LogP contribution in [0.1, 0.15) is 44.9 Å². The molecule has 1 aromatic carbocycles. The molecule has 3 aromatic rings. The standard InChI is InChI=1S/C15H12ClFN2.C7H14O2/c1-10-15(12-4-2-11(9-17)3-5-12)14-8-13(16)6-7-19(14)18-10;1-4-6(8)5-7(2,3)9/h2-8H,9H2,1H3;9H,4-5H2,1-3H3. The predicted molar refractivity (Wildman–Crippen MR) is 111 cm³/mol. The van der Waals surface area contributed by atoms with Gasteiger partial charge in [-0.25, -0.2) is 8.91 Å². The van der Waals surface area contributed by atoms with Crippen LogP contribution in [0.4, 0.5) is 4.39 Å². The van der Waals surface area contributed by atoms with Gasteiger partial charge in [0.25, 0.3) is 0 Å². The number of carbonyl (C=O) groups is 1. The molecule has 0 bridgehead atoms. The zero-order chi connectivity index (χ0) is 20.9. The second-order valence-corrected chi connectivity index (χ2v) is 7.78. The number of hydrogen-bond donors (Lipinski definition) is 1. The third kappa shape index (κ3) is 5.88. The number of carbonyl (C=O) groups excluding carboxylic acids is 1. The lowest BCUT2D eigenvalue weighted by molar-refractivity contribution is -0.122. The Balaban J connectivity index is 0.000000266. The smallest absolute Gasteiger partial charge is 0.135 e. The summed E-state index contributed by atoms with van der Waals surface area (Å²) in [7, 11) is 0. The van der Waals surface area contributed by atoms with E-state index in [0.717, 1.165) is 22.3 Å². The lowest BCUT2D eigenvalue weighted by Gasteiger charge is -2.14. The van der Waals surface area contributed by atoms with Gasteiger partial charge >= 0.3 is 0 Å². The molecule has 6 heteroatoms. The van der Waals surface area contributed by atoms with Crippen LogP contribution in [0.25, 0.3) is 16.6 Å². The van der Waals surface area contributed by atoms with Gasteiger partial charge in [0.1, 0.15) is 12.5 Å². The van der Waals surface area contributed by atoms with Crippen LogP contribution in [-0.4, -0.2) is 26.1 Å². The average Bonchev–Trinajstić information content (AvgIpc) is 2.96. The molecular weight excluding hydrogens is 379 g/mol. The van der Waals surface area contributed by atoms with E-state index in [-0.39, 0.29) is 12.2 Å².